The van der Waals surface area contributed by atoms with Gasteiger partial charge in [0.2, 0.25) is 5.95 Å². The molecule has 1 amide bonds. The van der Waals surface area contributed by atoms with E-state index < -0.39 is 35.4 Å². The molecule has 1 rings (SSSR count). The Morgan fingerprint density at radius 3 is 2.43 bits per heavy atom. The zero-order valence-electron chi connectivity index (χ0n) is 6.60. The highest BCUT2D eigenvalue weighted by atomic mass is 19.3. The van der Waals surface area contributed by atoms with Crippen molar-refractivity contribution in [2.45, 2.75) is 6.43 Å². The molecule has 0 saturated carbocycles. The Balaban J connectivity index is 3.39. The summed E-state index contributed by atoms with van der Waals surface area (Å²) >= 11 is 0. The van der Waals surface area contributed by atoms with Gasteiger partial charge in [-0.25, -0.2) is 18.2 Å². The third-order valence-electron chi connectivity index (χ3n) is 1.43. The van der Waals surface area contributed by atoms with Crippen LogP contribution in [0.3, 0.4) is 0 Å². The summed E-state index contributed by atoms with van der Waals surface area (Å²) in [6.07, 6.45) is -3.19. The van der Waals surface area contributed by atoms with Crippen molar-refractivity contribution < 1.29 is 22.4 Å². The van der Waals surface area contributed by atoms with Crippen LogP contribution in [0.25, 0.3) is 0 Å². The van der Waals surface area contributed by atoms with Gasteiger partial charge in [-0.05, 0) is 6.07 Å². The Bertz CT molecular complexity index is 380. The van der Waals surface area contributed by atoms with Crippen molar-refractivity contribution in [2.75, 3.05) is 0 Å². The lowest BCUT2D eigenvalue weighted by Crippen LogP contribution is -2.16. The normalized spacial score (nSPS) is 10.6. The average molecular weight is 208 g/mol. The Hall–Kier alpha value is -1.66. The summed E-state index contributed by atoms with van der Waals surface area (Å²) in [5, 5.41) is 0. The summed E-state index contributed by atoms with van der Waals surface area (Å²) < 4.78 is 49.2. The predicted octanol–water partition coefficient (Wildman–Crippen LogP) is 1.40. The number of carbonyl (C=O) groups excluding carboxylic acids is 1. The second-order valence-electron chi connectivity index (χ2n) is 2.36. The summed E-state index contributed by atoms with van der Waals surface area (Å²) in [6, 6.07) is 0.298. The van der Waals surface area contributed by atoms with Gasteiger partial charge in [0.15, 0.2) is 5.82 Å². The fraction of sp³-hybridized carbons (Fsp3) is 0.143. The maximum absolute atomic E-state index is 12.5. The lowest BCUT2D eigenvalue weighted by atomic mass is 10.2. The molecule has 1 aromatic heterocycles. The highest BCUT2D eigenvalue weighted by molar-refractivity contribution is 5.93. The van der Waals surface area contributed by atoms with Gasteiger partial charge < -0.3 is 5.73 Å². The largest absolute Gasteiger partial charge is 0.366 e. The van der Waals surface area contributed by atoms with Crippen LogP contribution in [0, 0.1) is 11.8 Å². The molecule has 0 aliphatic heterocycles. The van der Waals surface area contributed by atoms with Gasteiger partial charge in [0.25, 0.3) is 12.3 Å². The number of pyridine rings is 1. The van der Waals surface area contributed by atoms with Crippen molar-refractivity contribution in [2.24, 2.45) is 5.73 Å². The molecule has 0 aliphatic rings. The number of alkyl halides is 2. The van der Waals surface area contributed by atoms with Gasteiger partial charge in [-0.3, -0.25) is 4.79 Å². The van der Waals surface area contributed by atoms with Crippen molar-refractivity contribution in [1.29, 1.82) is 0 Å². The van der Waals surface area contributed by atoms with Crippen LogP contribution < -0.4 is 5.73 Å². The number of primary amides is 1. The van der Waals surface area contributed by atoms with E-state index in [1.807, 2.05) is 0 Å². The fourth-order valence-electron chi connectivity index (χ4n) is 0.843. The number of halogens is 4. The van der Waals surface area contributed by atoms with Crippen LogP contribution >= 0.6 is 0 Å². The van der Waals surface area contributed by atoms with Crippen LogP contribution in [-0.4, -0.2) is 10.9 Å². The van der Waals surface area contributed by atoms with Crippen LogP contribution in [0.15, 0.2) is 6.07 Å². The van der Waals surface area contributed by atoms with Gasteiger partial charge in [0.05, 0.1) is 5.56 Å². The highest BCUT2D eigenvalue weighted by Crippen LogP contribution is 2.21. The van der Waals surface area contributed by atoms with Crippen LogP contribution in [0.1, 0.15) is 22.5 Å². The average Bonchev–Trinajstić information content (AvgIpc) is 2.08. The SMILES string of the molecule is NC(=O)c1cc(F)c(F)nc1C(F)F. The van der Waals surface area contributed by atoms with Gasteiger partial charge in [0.1, 0.15) is 5.69 Å². The van der Waals surface area contributed by atoms with Crippen molar-refractivity contribution in [1.82, 2.24) is 4.98 Å². The Labute approximate surface area is 75.5 Å². The minimum atomic E-state index is -3.19. The van der Waals surface area contributed by atoms with E-state index in [0.717, 1.165) is 0 Å². The molecule has 0 saturated heterocycles. The molecule has 0 unspecified atom stereocenters. The van der Waals surface area contributed by atoms with E-state index >= 15 is 0 Å². The Morgan fingerprint density at radius 1 is 1.43 bits per heavy atom. The van der Waals surface area contributed by atoms with Crippen LogP contribution in [0.2, 0.25) is 0 Å². The molecule has 0 aliphatic carbocycles. The molecule has 3 nitrogen and oxygen atoms in total. The third-order valence-corrected chi connectivity index (χ3v) is 1.43. The topological polar surface area (TPSA) is 56.0 Å². The standard InChI is InChI=1S/C7H4F4N2O/c8-3-1-2(7(12)14)4(5(9)10)13-6(3)11/h1,5H,(H2,12,14). The first-order valence-electron chi connectivity index (χ1n) is 3.37. The predicted molar refractivity (Wildman–Crippen MR) is 37.6 cm³/mol. The third kappa shape index (κ3) is 1.81. The molecular formula is C7H4F4N2O. The number of carbonyl (C=O) groups is 1. The minimum Gasteiger partial charge on any atom is -0.366 e. The van der Waals surface area contributed by atoms with Crippen molar-refractivity contribution in [3.05, 3.63) is 29.1 Å². The summed E-state index contributed by atoms with van der Waals surface area (Å²) in [6.45, 7) is 0. The first-order valence-corrected chi connectivity index (χ1v) is 3.37. The van der Waals surface area contributed by atoms with Gasteiger partial charge in [-0.2, -0.15) is 4.39 Å². The number of hydrogen-bond acceptors (Lipinski definition) is 2. The van der Waals surface area contributed by atoms with E-state index in [2.05, 4.69) is 10.7 Å². The van der Waals surface area contributed by atoms with E-state index in [9.17, 15) is 22.4 Å². The molecule has 2 N–H and O–H groups in total. The van der Waals surface area contributed by atoms with Crippen LogP contribution in [-0.2, 0) is 0 Å². The summed E-state index contributed by atoms with van der Waals surface area (Å²) in [5.74, 6) is -4.47. The molecule has 14 heavy (non-hydrogen) atoms. The van der Waals surface area contributed by atoms with Crippen LogP contribution in [0.4, 0.5) is 17.6 Å². The first kappa shape index (κ1) is 10.4. The zero-order chi connectivity index (χ0) is 10.9. The van der Waals surface area contributed by atoms with Gasteiger partial charge >= 0.3 is 0 Å². The van der Waals surface area contributed by atoms with Gasteiger partial charge in [0, 0.05) is 0 Å². The van der Waals surface area contributed by atoms with E-state index in [1.165, 1.54) is 0 Å². The van der Waals surface area contributed by atoms with Crippen molar-refractivity contribution >= 4 is 5.91 Å². The lowest BCUT2D eigenvalue weighted by Gasteiger charge is -2.04. The summed E-state index contributed by atoms with van der Waals surface area (Å²) in [4.78, 5) is 13.2. The van der Waals surface area contributed by atoms with Gasteiger partial charge in [-0.1, -0.05) is 0 Å². The molecule has 0 atom stereocenters. The van der Waals surface area contributed by atoms with E-state index in [0.29, 0.717) is 6.07 Å². The van der Waals surface area contributed by atoms with E-state index in [1.54, 1.807) is 0 Å². The zero-order valence-corrected chi connectivity index (χ0v) is 6.60. The molecule has 76 valence electrons. The van der Waals surface area contributed by atoms with Crippen molar-refractivity contribution in [3.8, 4) is 0 Å². The molecule has 0 radical (unpaired) electrons. The number of rotatable bonds is 2. The summed E-state index contributed by atoms with van der Waals surface area (Å²) in [7, 11) is 0. The van der Waals surface area contributed by atoms with Gasteiger partial charge in [-0.15, -0.1) is 0 Å². The molecule has 1 heterocycles. The maximum Gasteiger partial charge on any atom is 0.281 e. The number of amides is 1. The second kappa shape index (κ2) is 3.60. The smallest absolute Gasteiger partial charge is 0.281 e. The molecule has 0 bridgehead atoms. The molecule has 0 aromatic carbocycles. The quantitative estimate of drug-likeness (QED) is 0.589. The van der Waals surface area contributed by atoms with Crippen LogP contribution in [0.5, 0.6) is 0 Å². The molecular weight excluding hydrogens is 204 g/mol. The second-order valence-corrected chi connectivity index (χ2v) is 2.36. The number of hydrogen-bond donors (Lipinski definition) is 1. The molecule has 0 fully saturated rings. The fourth-order valence-corrected chi connectivity index (χ4v) is 0.843. The molecule has 0 spiro atoms. The number of nitrogens with zero attached hydrogens (tertiary/aromatic N) is 1. The Kier molecular flexibility index (Phi) is 2.68. The van der Waals surface area contributed by atoms with E-state index in [-0.39, 0.29) is 0 Å². The highest BCUT2D eigenvalue weighted by Gasteiger charge is 2.21. The lowest BCUT2D eigenvalue weighted by molar-refractivity contribution is 0.0981. The number of nitrogens with two attached hydrogens (primary N) is 1. The van der Waals surface area contributed by atoms with Crippen molar-refractivity contribution in [3.63, 3.8) is 0 Å². The summed E-state index contributed by atoms with van der Waals surface area (Å²) in [5.41, 5.74) is 2.69. The minimum absolute atomic E-state index is 0.298. The molecule has 7 heteroatoms. The number of aromatic nitrogens is 1. The molecule has 1 aromatic rings. The monoisotopic (exact) mass is 208 g/mol. The maximum atomic E-state index is 12.5. The van der Waals surface area contributed by atoms with E-state index in [4.69, 9.17) is 0 Å². The Morgan fingerprint density at radius 2 is 2.00 bits per heavy atom. The first-order chi connectivity index (χ1) is 6.43.